The summed E-state index contributed by atoms with van der Waals surface area (Å²) < 4.78 is 30.9. The van der Waals surface area contributed by atoms with Crippen molar-refractivity contribution in [2.24, 2.45) is 5.73 Å². The fourth-order valence-corrected chi connectivity index (χ4v) is 1.29. The van der Waals surface area contributed by atoms with Gasteiger partial charge in [-0.1, -0.05) is 6.92 Å². The van der Waals surface area contributed by atoms with Crippen LogP contribution in [0.4, 0.5) is 8.78 Å². The van der Waals surface area contributed by atoms with Crippen LogP contribution in [0.1, 0.15) is 24.9 Å². The van der Waals surface area contributed by atoms with Crippen molar-refractivity contribution in [2.45, 2.75) is 19.4 Å². The molecule has 1 aromatic carbocycles. The average molecular weight is 201 g/mol. The average Bonchev–Trinajstić information content (AvgIpc) is 2.15. The van der Waals surface area contributed by atoms with Crippen molar-refractivity contribution < 1.29 is 13.5 Å². The lowest BCUT2D eigenvalue weighted by molar-refractivity contribution is 0.374. The van der Waals surface area contributed by atoms with E-state index in [0.29, 0.717) is 12.0 Å². The van der Waals surface area contributed by atoms with Crippen LogP contribution in [-0.2, 0) is 0 Å². The SMILES string of the molecule is CC[C@@H](N)c1cc(F)cc(F)c1OC. The molecule has 78 valence electrons. The van der Waals surface area contributed by atoms with E-state index in [1.54, 1.807) is 0 Å². The summed E-state index contributed by atoms with van der Waals surface area (Å²) in [6.45, 7) is 1.84. The molecular weight excluding hydrogens is 188 g/mol. The van der Waals surface area contributed by atoms with E-state index in [2.05, 4.69) is 0 Å². The van der Waals surface area contributed by atoms with E-state index >= 15 is 0 Å². The van der Waals surface area contributed by atoms with E-state index in [0.717, 1.165) is 6.07 Å². The number of hydrogen-bond acceptors (Lipinski definition) is 2. The molecule has 2 nitrogen and oxygen atoms in total. The van der Waals surface area contributed by atoms with Crippen LogP contribution in [0.15, 0.2) is 12.1 Å². The van der Waals surface area contributed by atoms with Gasteiger partial charge in [-0.3, -0.25) is 0 Å². The van der Waals surface area contributed by atoms with Gasteiger partial charge in [-0.2, -0.15) is 0 Å². The van der Waals surface area contributed by atoms with E-state index in [9.17, 15) is 8.78 Å². The van der Waals surface area contributed by atoms with Crippen molar-refractivity contribution in [2.75, 3.05) is 7.11 Å². The molecule has 0 saturated heterocycles. The number of halogens is 2. The smallest absolute Gasteiger partial charge is 0.168 e. The molecule has 0 fully saturated rings. The highest BCUT2D eigenvalue weighted by Gasteiger charge is 2.16. The van der Waals surface area contributed by atoms with Crippen molar-refractivity contribution in [1.82, 2.24) is 0 Å². The molecule has 4 heteroatoms. The van der Waals surface area contributed by atoms with Gasteiger partial charge >= 0.3 is 0 Å². The highest BCUT2D eigenvalue weighted by molar-refractivity contribution is 5.37. The van der Waals surface area contributed by atoms with E-state index in [-0.39, 0.29) is 5.75 Å². The highest BCUT2D eigenvalue weighted by Crippen LogP contribution is 2.29. The molecule has 0 aliphatic heterocycles. The van der Waals surface area contributed by atoms with Gasteiger partial charge in [-0.05, 0) is 12.5 Å². The van der Waals surface area contributed by atoms with Crippen LogP contribution in [0.5, 0.6) is 5.75 Å². The highest BCUT2D eigenvalue weighted by atomic mass is 19.1. The van der Waals surface area contributed by atoms with Crippen LogP contribution in [0.3, 0.4) is 0 Å². The van der Waals surface area contributed by atoms with Gasteiger partial charge in [0.1, 0.15) is 5.82 Å². The molecule has 0 heterocycles. The number of nitrogens with two attached hydrogens (primary N) is 1. The molecule has 0 amide bonds. The lowest BCUT2D eigenvalue weighted by Crippen LogP contribution is -2.11. The molecule has 1 aromatic rings. The fraction of sp³-hybridized carbons (Fsp3) is 0.400. The standard InChI is InChI=1S/C10H13F2NO/c1-3-9(13)7-4-6(11)5-8(12)10(7)14-2/h4-5,9H,3,13H2,1-2H3/t9-/m1/s1. The van der Waals surface area contributed by atoms with Crippen LogP contribution in [0, 0.1) is 11.6 Å². The van der Waals surface area contributed by atoms with Gasteiger partial charge in [0.15, 0.2) is 11.6 Å². The lowest BCUT2D eigenvalue weighted by atomic mass is 10.0. The maximum atomic E-state index is 13.2. The molecule has 0 saturated carbocycles. The number of benzene rings is 1. The zero-order valence-corrected chi connectivity index (χ0v) is 8.18. The molecule has 14 heavy (non-hydrogen) atoms. The summed E-state index contributed by atoms with van der Waals surface area (Å²) in [5, 5.41) is 0. The minimum atomic E-state index is -0.716. The Balaban J connectivity index is 3.24. The first-order valence-corrected chi connectivity index (χ1v) is 4.38. The van der Waals surface area contributed by atoms with Crippen molar-refractivity contribution in [3.63, 3.8) is 0 Å². The third-order valence-corrected chi connectivity index (χ3v) is 2.08. The molecule has 0 unspecified atom stereocenters. The maximum absolute atomic E-state index is 13.2. The van der Waals surface area contributed by atoms with Crippen LogP contribution >= 0.6 is 0 Å². The van der Waals surface area contributed by atoms with Gasteiger partial charge in [-0.25, -0.2) is 8.78 Å². The summed E-state index contributed by atoms with van der Waals surface area (Å²) in [7, 11) is 1.34. The second kappa shape index (κ2) is 4.37. The molecule has 0 aromatic heterocycles. The third-order valence-electron chi connectivity index (χ3n) is 2.08. The molecule has 1 atom stereocenters. The third kappa shape index (κ3) is 2.01. The van der Waals surface area contributed by atoms with Crippen molar-refractivity contribution in [1.29, 1.82) is 0 Å². The Morgan fingerprint density at radius 2 is 2.07 bits per heavy atom. The van der Waals surface area contributed by atoms with Crippen molar-refractivity contribution >= 4 is 0 Å². The van der Waals surface area contributed by atoms with E-state index in [1.807, 2.05) is 6.92 Å². The molecule has 0 aliphatic rings. The first-order valence-electron chi connectivity index (χ1n) is 4.38. The van der Waals surface area contributed by atoms with Crippen LogP contribution < -0.4 is 10.5 Å². The summed E-state index contributed by atoms with van der Waals surface area (Å²) in [4.78, 5) is 0. The zero-order valence-electron chi connectivity index (χ0n) is 8.18. The monoisotopic (exact) mass is 201 g/mol. The molecule has 0 bridgehead atoms. The first-order chi connectivity index (χ1) is 6.60. The van der Waals surface area contributed by atoms with E-state index in [4.69, 9.17) is 10.5 Å². The number of hydrogen-bond donors (Lipinski definition) is 1. The molecule has 0 aliphatic carbocycles. The van der Waals surface area contributed by atoms with Gasteiger partial charge in [0.05, 0.1) is 7.11 Å². The Kier molecular flexibility index (Phi) is 3.41. The van der Waals surface area contributed by atoms with E-state index in [1.165, 1.54) is 13.2 Å². The number of rotatable bonds is 3. The van der Waals surface area contributed by atoms with Gasteiger partial charge in [-0.15, -0.1) is 0 Å². The van der Waals surface area contributed by atoms with Crippen LogP contribution in [0.2, 0.25) is 0 Å². The zero-order chi connectivity index (χ0) is 10.7. The predicted octanol–water partition coefficient (Wildman–Crippen LogP) is 2.38. The van der Waals surface area contributed by atoms with Crippen LogP contribution in [0.25, 0.3) is 0 Å². The Labute approximate surface area is 81.7 Å². The Morgan fingerprint density at radius 3 is 2.57 bits per heavy atom. The van der Waals surface area contributed by atoms with E-state index < -0.39 is 17.7 Å². The van der Waals surface area contributed by atoms with Gasteiger partial charge < -0.3 is 10.5 Å². The molecule has 0 spiro atoms. The second-order valence-electron chi connectivity index (χ2n) is 3.02. The van der Waals surface area contributed by atoms with Crippen LogP contribution in [-0.4, -0.2) is 7.11 Å². The fourth-order valence-electron chi connectivity index (χ4n) is 1.29. The lowest BCUT2D eigenvalue weighted by Gasteiger charge is -2.14. The molecular formula is C10H13F2NO. The molecule has 2 N–H and O–H groups in total. The normalized spacial score (nSPS) is 12.6. The minimum Gasteiger partial charge on any atom is -0.493 e. The number of ether oxygens (including phenoxy) is 1. The summed E-state index contributed by atoms with van der Waals surface area (Å²) in [6, 6.07) is 1.58. The first kappa shape index (κ1) is 10.9. The summed E-state index contributed by atoms with van der Waals surface area (Å²) in [6.07, 6.45) is 0.596. The van der Waals surface area contributed by atoms with Gasteiger partial charge in [0.2, 0.25) is 0 Å². The van der Waals surface area contributed by atoms with Crippen molar-refractivity contribution in [3.05, 3.63) is 29.3 Å². The second-order valence-corrected chi connectivity index (χ2v) is 3.02. The molecule has 0 radical (unpaired) electrons. The van der Waals surface area contributed by atoms with Gasteiger partial charge in [0.25, 0.3) is 0 Å². The number of methoxy groups -OCH3 is 1. The summed E-state index contributed by atoms with van der Waals surface area (Å²) in [5.41, 5.74) is 6.06. The molecule has 1 rings (SSSR count). The Hall–Kier alpha value is -1.16. The van der Waals surface area contributed by atoms with Gasteiger partial charge in [0, 0.05) is 17.7 Å². The topological polar surface area (TPSA) is 35.2 Å². The Bertz CT molecular complexity index is 328. The summed E-state index contributed by atoms with van der Waals surface area (Å²) >= 11 is 0. The quantitative estimate of drug-likeness (QED) is 0.814. The Morgan fingerprint density at radius 1 is 1.43 bits per heavy atom. The summed E-state index contributed by atoms with van der Waals surface area (Å²) in [5.74, 6) is -1.32. The maximum Gasteiger partial charge on any atom is 0.168 e. The minimum absolute atomic E-state index is 0.0285. The largest absolute Gasteiger partial charge is 0.493 e. The van der Waals surface area contributed by atoms with Crippen molar-refractivity contribution in [3.8, 4) is 5.75 Å². The predicted molar refractivity (Wildman–Crippen MR) is 50.1 cm³/mol.